The minimum Gasteiger partial charge on any atom is -0.492 e. The summed E-state index contributed by atoms with van der Waals surface area (Å²) in [5, 5.41) is 2.96. The predicted molar refractivity (Wildman–Crippen MR) is 106 cm³/mol. The van der Waals surface area contributed by atoms with Crippen LogP contribution in [0.25, 0.3) is 0 Å². The number of carbonyl (C=O) groups is 2. The Morgan fingerprint density at radius 2 is 2.00 bits per heavy atom. The van der Waals surface area contributed by atoms with E-state index in [-0.39, 0.29) is 24.3 Å². The van der Waals surface area contributed by atoms with E-state index in [2.05, 4.69) is 11.4 Å². The molecule has 1 unspecified atom stereocenters. The van der Waals surface area contributed by atoms with Gasteiger partial charge in [-0.15, -0.1) is 0 Å². The molecule has 0 saturated carbocycles. The molecule has 0 bridgehead atoms. The van der Waals surface area contributed by atoms with E-state index in [4.69, 9.17) is 4.74 Å². The molecule has 1 heterocycles. The highest BCUT2D eigenvalue weighted by Crippen LogP contribution is 2.33. The molecule has 1 N–H and O–H groups in total. The first-order valence-electron chi connectivity index (χ1n) is 9.38. The van der Waals surface area contributed by atoms with Crippen LogP contribution < -0.4 is 10.1 Å². The number of rotatable bonds is 5. The molecule has 5 heteroatoms. The molecule has 2 aromatic carbocycles. The van der Waals surface area contributed by atoms with Crippen molar-refractivity contribution in [1.82, 2.24) is 4.90 Å². The summed E-state index contributed by atoms with van der Waals surface area (Å²) in [5.74, 6) is 0.527. The Kier molecular flexibility index (Phi) is 5.79. The molecule has 1 aliphatic rings. The van der Waals surface area contributed by atoms with Crippen LogP contribution in [0.4, 0.5) is 5.69 Å². The van der Waals surface area contributed by atoms with E-state index >= 15 is 0 Å². The maximum atomic E-state index is 12.8. The van der Waals surface area contributed by atoms with Gasteiger partial charge in [-0.1, -0.05) is 30.3 Å². The third kappa shape index (κ3) is 4.30. The van der Waals surface area contributed by atoms with Crippen molar-refractivity contribution < 1.29 is 14.3 Å². The van der Waals surface area contributed by atoms with Gasteiger partial charge in [-0.25, -0.2) is 0 Å². The van der Waals surface area contributed by atoms with Gasteiger partial charge in [0, 0.05) is 13.5 Å². The standard InChI is InChI=1S/C22H26N2O3/c1-4-27-21-13-15(2)9-10-19(21)23-22(26)14-20-18-8-6-5-7-17(18)11-12-24(20)16(3)25/h5-10,13,20H,4,11-12,14H2,1-3H3,(H,23,26). The smallest absolute Gasteiger partial charge is 0.226 e. The molecule has 0 fully saturated rings. The molecular formula is C22H26N2O3. The molecule has 0 spiro atoms. The predicted octanol–water partition coefficient (Wildman–Crippen LogP) is 3.87. The van der Waals surface area contributed by atoms with Crippen LogP contribution in [-0.2, 0) is 16.0 Å². The second-order valence-corrected chi connectivity index (χ2v) is 6.86. The second-order valence-electron chi connectivity index (χ2n) is 6.86. The van der Waals surface area contributed by atoms with Crippen molar-refractivity contribution in [2.45, 2.75) is 39.7 Å². The van der Waals surface area contributed by atoms with Gasteiger partial charge in [-0.2, -0.15) is 0 Å². The van der Waals surface area contributed by atoms with Crippen LogP contribution in [0.5, 0.6) is 5.75 Å². The number of benzene rings is 2. The third-order valence-corrected chi connectivity index (χ3v) is 4.91. The fourth-order valence-corrected chi connectivity index (χ4v) is 3.63. The lowest BCUT2D eigenvalue weighted by Crippen LogP contribution is -2.40. The zero-order valence-corrected chi connectivity index (χ0v) is 16.1. The first kappa shape index (κ1) is 19.0. The van der Waals surface area contributed by atoms with E-state index in [1.54, 1.807) is 11.8 Å². The van der Waals surface area contributed by atoms with Gasteiger partial charge in [0.25, 0.3) is 0 Å². The van der Waals surface area contributed by atoms with E-state index in [9.17, 15) is 9.59 Å². The van der Waals surface area contributed by atoms with E-state index in [1.807, 2.05) is 50.2 Å². The zero-order valence-electron chi connectivity index (χ0n) is 16.1. The SMILES string of the molecule is CCOc1cc(C)ccc1NC(=O)CC1c2ccccc2CCN1C(C)=O. The average molecular weight is 366 g/mol. The molecule has 0 aliphatic carbocycles. The van der Waals surface area contributed by atoms with Crippen molar-refractivity contribution in [2.75, 3.05) is 18.5 Å². The Labute approximate surface area is 160 Å². The molecule has 2 aromatic rings. The van der Waals surface area contributed by atoms with Gasteiger partial charge in [0.2, 0.25) is 11.8 Å². The number of anilines is 1. The first-order chi connectivity index (χ1) is 13.0. The van der Waals surface area contributed by atoms with Crippen molar-refractivity contribution in [2.24, 2.45) is 0 Å². The largest absolute Gasteiger partial charge is 0.492 e. The summed E-state index contributed by atoms with van der Waals surface area (Å²) in [7, 11) is 0. The quantitative estimate of drug-likeness (QED) is 0.874. The normalized spacial score (nSPS) is 15.8. The summed E-state index contributed by atoms with van der Waals surface area (Å²) in [5.41, 5.74) is 3.99. The maximum Gasteiger partial charge on any atom is 0.226 e. The molecule has 2 amide bonds. The summed E-state index contributed by atoms with van der Waals surface area (Å²) < 4.78 is 5.65. The highest BCUT2D eigenvalue weighted by molar-refractivity contribution is 5.93. The van der Waals surface area contributed by atoms with Gasteiger partial charge in [-0.3, -0.25) is 9.59 Å². The zero-order chi connectivity index (χ0) is 19.4. The van der Waals surface area contributed by atoms with Crippen LogP contribution in [0, 0.1) is 6.92 Å². The summed E-state index contributed by atoms with van der Waals surface area (Å²) >= 11 is 0. The molecule has 3 rings (SSSR count). The molecule has 27 heavy (non-hydrogen) atoms. The van der Waals surface area contributed by atoms with E-state index < -0.39 is 0 Å². The van der Waals surface area contributed by atoms with Crippen molar-refractivity contribution in [3.63, 3.8) is 0 Å². The summed E-state index contributed by atoms with van der Waals surface area (Å²) in [4.78, 5) is 26.7. The van der Waals surface area contributed by atoms with Gasteiger partial charge in [0.05, 0.1) is 24.8 Å². The van der Waals surface area contributed by atoms with Crippen molar-refractivity contribution >= 4 is 17.5 Å². The van der Waals surface area contributed by atoms with Crippen molar-refractivity contribution in [3.8, 4) is 5.75 Å². The van der Waals surface area contributed by atoms with Gasteiger partial charge in [0.15, 0.2) is 0 Å². The number of fused-ring (bicyclic) bond motifs is 1. The van der Waals surface area contributed by atoms with Crippen molar-refractivity contribution in [1.29, 1.82) is 0 Å². The number of hydrogen-bond donors (Lipinski definition) is 1. The monoisotopic (exact) mass is 366 g/mol. The Morgan fingerprint density at radius 1 is 1.22 bits per heavy atom. The molecule has 1 aliphatic heterocycles. The average Bonchev–Trinajstić information content (AvgIpc) is 2.64. The van der Waals surface area contributed by atoms with E-state index in [1.165, 1.54) is 5.56 Å². The highest BCUT2D eigenvalue weighted by Gasteiger charge is 2.30. The van der Waals surface area contributed by atoms with Gasteiger partial charge in [0.1, 0.15) is 5.75 Å². The van der Waals surface area contributed by atoms with Crippen LogP contribution in [0.15, 0.2) is 42.5 Å². The molecular weight excluding hydrogens is 340 g/mol. The Hall–Kier alpha value is -2.82. The van der Waals surface area contributed by atoms with Gasteiger partial charge in [-0.05, 0) is 49.1 Å². The fourth-order valence-electron chi connectivity index (χ4n) is 3.63. The summed E-state index contributed by atoms with van der Waals surface area (Å²) in [6.45, 7) is 6.63. The maximum absolute atomic E-state index is 12.8. The molecule has 0 saturated heterocycles. The Bertz CT molecular complexity index is 847. The number of amides is 2. The molecule has 0 radical (unpaired) electrons. The lowest BCUT2D eigenvalue weighted by atomic mass is 9.90. The lowest BCUT2D eigenvalue weighted by molar-refractivity contribution is -0.132. The number of nitrogens with zero attached hydrogens (tertiary/aromatic N) is 1. The molecule has 1 atom stereocenters. The summed E-state index contributed by atoms with van der Waals surface area (Å²) in [6.07, 6.45) is 1.04. The molecule has 5 nitrogen and oxygen atoms in total. The van der Waals surface area contributed by atoms with E-state index in [0.717, 1.165) is 17.5 Å². The number of ether oxygens (including phenoxy) is 1. The van der Waals surface area contributed by atoms with Crippen LogP contribution in [0.3, 0.4) is 0 Å². The first-order valence-corrected chi connectivity index (χ1v) is 9.38. The minimum atomic E-state index is -0.242. The minimum absolute atomic E-state index is 0.00681. The third-order valence-electron chi connectivity index (χ3n) is 4.91. The van der Waals surface area contributed by atoms with E-state index in [0.29, 0.717) is 24.6 Å². The van der Waals surface area contributed by atoms with Crippen LogP contribution in [-0.4, -0.2) is 29.9 Å². The lowest BCUT2D eigenvalue weighted by Gasteiger charge is -2.36. The second kappa shape index (κ2) is 8.25. The number of nitrogens with one attached hydrogen (secondary N) is 1. The topological polar surface area (TPSA) is 58.6 Å². The number of carbonyl (C=O) groups excluding carboxylic acids is 2. The van der Waals surface area contributed by atoms with Crippen LogP contribution >= 0.6 is 0 Å². The Morgan fingerprint density at radius 3 is 2.74 bits per heavy atom. The molecule has 142 valence electrons. The number of hydrogen-bond acceptors (Lipinski definition) is 3. The summed E-state index contributed by atoms with van der Waals surface area (Å²) in [6, 6.07) is 13.5. The fraction of sp³-hybridized carbons (Fsp3) is 0.364. The van der Waals surface area contributed by atoms with Crippen LogP contribution in [0.2, 0.25) is 0 Å². The Balaban J connectivity index is 1.81. The molecule has 0 aromatic heterocycles. The van der Waals surface area contributed by atoms with Crippen molar-refractivity contribution in [3.05, 3.63) is 59.2 Å². The highest BCUT2D eigenvalue weighted by atomic mass is 16.5. The van der Waals surface area contributed by atoms with Crippen LogP contribution in [0.1, 0.15) is 43.0 Å². The number of aryl methyl sites for hydroxylation is 1. The van der Waals surface area contributed by atoms with Gasteiger partial charge >= 0.3 is 0 Å². The van der Waals surface area contributed by atoms with Gasteiger partial charge < -0.3 is 15.0 Å².